The van der Waals surface area contributed by atoms with Crippen LogP contribution in [0.15, 0.2) is 24.3 Å². The number of amides is 2. The molecule has 2 atom stereocenters. The Labute approximate surface area is 123 Å². The Hall–Kier alpha value is -2.08. The number of benzene rings is 1. The fourth-order valence-corrected chi connectivity index (χ4v) is 2.50. The molecule has 6 heteroatoms. The smallest absolute Gasteiger partial charge is 0.337 e. The summed E-state index contributed by atoms with van der Waals surface area (Å²) in [5, 5.41) is 11.8. The van der Waals surface area contributed by atoms with Crippen molar-refractivity contribution >= 4 is 17.7 Å². The molecule has 2 unspecified atom stereocenters. The summed E-state index contributed by atoms with van der Waals surface area (Å²) in [5.74, 6) is -0.654. The summed E-state index contributed by atoms with van der Waals surface area (Å²) in [6.07, 6.45) is 0.881. The van der Waals surface area contributed by atoms with Crippen molar-refractivity contribution < 1.29 is 19.4 Å². The molecule has 6 nitrogen and oxygen atoms in total. The number of rotatable bonds is 3. The second-order valence-corrected chi connectivity index (χ2v) is 5.27. The number of aromatic carboxylic acids is 1. The largest absolute Gasteiger partial charge is 0.478 e. The molecule has 21 heavy (non-hydrogen) atoms. The molecule has 0 aliphatic carbocycles. The number of urea groups is 1. The Morgan fingerprint density at radius 2 is 2.10 bits per heavy atom. The van der Waals surface area contributed by atoms with Crippen LogP contribution in [-0.2, 0) is 4.74 Å². The van der Waals surface area contributed by atoms with Crippen LogP contribution in [-0.4, -0.2) is 48.3 Å². The number of carboxylic acids is 1. The fourth-order valence-electron chi connectivity index (χ4n) is 2.50. The molecule has 0 bridgehead atoms. The number of ether oxygens (including phenoxy) is 1. The third kappa shape index (κ3) is 3.52. The van der Waals surface area contributed by atoms with Crippen molar-refractivity contribution in [1.29, 1.82) is 0 Å². The molecule has 0 aromatic heterocycles. The minimum Gasteiger partial charge on any atom is -0.478 e. The second kappa shape index (κ2) is 6.58. The number of hydrogen-bond donors (Lipinski definition) is 2. The molecule has 2 N–H and O–H groups in total. The van der Waals surface area contributed by atoms with Gasteiger partial charge in [0, 0.05) is 20.2 Å². The molecule has 1 fully saturated rings. The van der Waals surface area contributed by atoms with Crippen molar-refractivity contribution in [2.24, 2.45) is 5.92 Å². The molecular weight excluding hydrogens is 272 g/mol. The van der Waals surface area contributed by atoms with E-state index in [1.54, 1.807) is 30.2 Å². The van der Waals surface area contributed by atoms with Crippen LogP contribution in [0.3, 0.4) is 0 Å². The number of carboxylic acid groups (broad SMARTS) is 1. The maximum absolute atomic E-state index is 12.3. The van der Waals surface area contributed by atoms with Gasteiger partial charge in [-0.25, -0.2) is 9.59 Å². The van der Waals surface area contributed by atoms with Crippen LogP contribution in [0.25, 0.3) is 0 Å². The Balaban J connectivity index is 2.07. The molecule has 1 saturated heterocycles. The lowest BCUT2D eigenvalue weighted by atomic mass is 9.96. The van der Waals surface area contributed by atoms with Gasteiger partial charge in [0.25, 0.3) is 0 Å². The number of carbonyl (C=O) groups excluding carboxylic acids is 1. The summed E-state index contributed by atoms with van der Waals surface area (Å²) in [7, 11) is 1.64. The summed E-state index contributed by atoms with van der Waals surface area (Å²) in [5.41, 5.74) is 0.391. The van der Waals surface area contributed by atoms with Crippen molar-refractivity contribution in [3.05, 3.63) is 29.8 Å². The number of para-hydroxylation sites is 1. The highest BCUT2D eigenvalue weighted by Gasteiger charge is 2.29. The summed E-state index contributed by atoms with van der Waals surface area (Å²) < 4.78 is 5.38. The van der Waals surface area contributed by atoms with Gasteiger partial charge in [-0.2, -0.15) is 0 Å². The molecule has 1 aliphatic rings. The quantitative estimate of drug-likeness (QED) is 0.895. The van der Waals surface area contributed by atoms with Crippen molar-refractivity contribution in [2.45, 2.75) is 19.4 Å². The van der Waals surface area contributed by atoms with Gasteiger partial charge in [0.05, 0.1) is 17.4 Å². The Kier molecular flexibility index (Phi) is 4.80. The summed E-state index contributed by atoms with van der Waals surface area (Å²) in [4.78, 5) is 25.1. The zero-order valence-corrected chi connectivity index (χ0v) is 12.2. The predicted molar refractivity (Wildman–Crippen MR) is 78.6 cm³/mol. The first-order valence-electron chi connectivity index (χ1n) is 6.94. The maximum Gasteiger partial charge on any atom is 0.337 e. The Bertz CT molecular complexity index is 532. The third-order valence-electron chi connectivity index (χ3n) is 3.88. The van der Waals surface area contributed by atoms with Crippen LogP contribution in [0.5, 0.6) is 0 Å². The minimum atomic E-state index is -1.06. The van der Waals surface area contributed by atoms with E-state index >= 15 is 0 Å². The second-order valence-electron chi connectivity index (χ2n) is 5.27. The van der Waals surface area contributed by atoms with Crippen LogP contribution in [0.2, 0.25) is 0 Å². The minimum absolute atomic E-state index is 0.0132. The lowest BCUT2D eigenvalue weighted by Gasteiger charge is -2.36. The zero-order chi connectivity index (χ0) is 15.4. The lowest BCUT2D eigenvalue weighted by Crippen LogP contribution is -2.48. The highest BCUT2D eigenvalue weighted by atomic mass is 16.5. The van der Waals surface area contributed by atoms with Gasteiger partial charge in [-0.1, -0.05) is 19.1 Å². The van der Waals surface area contributed by atoms with E-state index in [1.807, 2.05) is 0 Å². The van der Waals surface area contributed by atoms with Crippen molar-refractivity contribution in [3.63, 3.8) is 0 Å². The fraction of sp³-hybridized carbons (Fsp3) is 0.467. The first-order chi connectivity index (χ1) is 10.0. The van der Waals surface area contributed by atoms with Gasteiger partial charge in [-0.05, 0) is 24.5 Å². The first-order valence-corrected chi connectivity index (χ1v) is 6.94. The van der Waals surface area contributed by atoms with E-state index < -0.39 is 5.97 Å². The van der Waals surface area contributed by atoms with E-state index in [9.17, 15) is 9.59 Å². The summed E-state index contributed by atoms with van der Waals surface area (Å²) in [6, 6.07) is 6.08. The van der Waals surface area contributed by atoms with Gasteiger partial charge in [0.2, 0.25) is 0 Å². The van der Waals surface area contributed by atoms with E-state index in [1.165, 1.54) is 6.07 Å². The van der Waals surface area contributed by atoms with Crippen LogP contribution < -0.4 is 5.32 Å². The van der Waals surface area contributed by atoms with Crippen molar-refractivity contribution in [2.75, 3.05) is 25.5 Å². The number of methoxy groups -OCH3 is 1. The number of hydrogen-bond acceptors (Lipinski definition) is 3. The molecule has 1 aromatic carbocycles. The molecule has 0 saturated carbocycles. The van der Waals surface area contributed by atoms with Crippen molar-refractivity contribution in [3.8, 4) is 0 Å². The number of likely N-dealkylation sites (tertiary alicyclic amines) is 1. The Morgan fingerprint density at radius 1 is 1.38 bits per heavy atom. The summed E-state index contributed by atoms with van der Waals surface area (Å²) in [6.45, 7) is 3.25. The molecule has 2 rings (SSSR count). The molecule has 1 heterocycles. The van der Waals surface area contributed by atoms with Gasteiger partial charge in [0.1, 0.15) is 0 Å². The molecule has 114 valence electrons. The van der Waals surface area contributed by atoms with Crippen LogP contribution in [0.4, 0.5) is 10.5 Å². The average Bonchev–Trinajstić information content (AvgIpc) is 2.48. The van der Waals surface area contributed by atoms with Crippen LogP contribution in [0, 0.1) is 5.92 Å². The van der Waals surface area contributed by atoms with Gasteiger partial charge in [0.15, 0.2) is 0 Å². The van der Waals surface area contributed by atoms with Crippen molar-refractivity contribution in [1.82, 2.24) is 4.90 Å². The van der Waals surface area contributed by atoms with E-state index in [0.717, 1.165) is 6.42 Å². The molecule has 2 amide bonds. The topological polar surface area (TPSA) is 78.9 Å². The number of nitrogens with one attached hydrogen (secondary N) is 1. The average molecular weight is 292 g/mol. The SMILES string of the molecule is COC1CN(C(=O)Nc2ccccc2C(=O)O)CCC1C. The molecule has 1 aliphatic heterocycles. The zero-order valence-electron chi connectivity index (χ0n) is 12.2. The molecule has 0 radical (unpaired) electrons. The Morgan fingerprint density at radius 3 is 2.76 bits per heavy atom. The predicted octanol–water partition coefficient (Wildman–Crippen LogP) is 2.27. The summed E-state index contributed by atoms with van der Waals surface area (Å²) >= 11 is 0. The van der Waals surface area contributed by atoms with Crippen LogP contribution >= 0.6 is 0 Å². The number of nitrogens with zero attached hydrogens (tertiary/aromatic N) is 1. The standard InChI is InChI=1S/C15H20N2O4/c1-10-7-8-17(9-13(10)21-2)15(20)16-12-6-4-3-5-11(12)14(18)19/h3-6,10,13H,7-9H2,1-2H3,(H,16,20)(H,18,19). The third-order valence-corrected chi connectivity index (χ3v) is 3.88. The van der Waals surface area contributed by atoms with Gasteiger partial charge < -0.3 is 20.1 Å². The number of anilines is 1. The van der Waals surface area contributed by atoms with E-state index in [-0.39, 0.29) is 17.7 Å². The number of piperidine rings is 1. The molecular formula is C15H20N2O4. The van der Waals surface area contributed by atoms with Crippen LogP contribution in [0.1, 0.15) is 23.7 Å². The van der Waals surface area contributed by atoms with Gasteiger partial charge in [-0.3, -0.25) is 0 Å². The van der Waals surface area contributed by atoms with E-state index in [4.69, 9.17) is 9.84 Å². The van der Waals surface area contributed by atoms with E-state index in [2.05, 4.69) is 12.2 Å². The molecule has 0 spiro atoms. The van der Waals surface area contributed by atoms with Gasteiger partial charge >= 0.3 is 12.0 Å². The maximum atomic E-state index is 12.3. The highest BCUT2D eigenvalue weighted by Crippen LogP contribution is 2.21. The van der Waals surface area contributed by atoms with Gasteiger partial charge in [-0.15, -0.1) is 0 Å². The molecule has 1 aromatic rings. The van der Waals surface area contributed by atoms with E-state index in [0.29, 0.717) is 24.7 Å². The number of carbonyl (C=O) groups is 2. The lowest BCUT2D eigenvalue weighted by molar-refractivity contribution is 0.00895. The first kappa shape index (κ1) is 15.3. The highest BCUT2D eigenvalue weighted by molar-refractivity contribution is 5.99. The monoisotopic (exact) mass is 292 g/mol. The normalized spacial score (nSPS) is 21.9.